The molecule has 3 aromatic carbocycles. The van der Waals surface area contributed by atoms with E-state index in [1.54, 1.807) is 18.2 Å². The van der Waals surface area contributed by atoms with Crippen molar-refractivity contribution in [1.29, 1.82) is 0 Å². The molecule has 1 aliphatic rings. The van der Waals surface area contributed by atoms with Gasteiger partial charge >= 0.3 is 12.1 Å². The lowest BCUT2D eigenvalue weighted by atomic mass is 10.2. The third-order valence-electron chi connectivity index (χ3n) is 5.77. The van der Waals surface area contributed by atoms with Gasteiger partial charge in [0.15, 0.2) is 0 Å². The fourth-order valence-electron chi connectivity index (χ4n) is 3.84. The van der Waals surface area contributed by atoms with Crippen LogP contribution in [-0.2, 0) is 20.0 Å². The predicted molar refractivity (Wildman–Crippen MR) is 139 cm³/mol. The van der Waals surface area contributed by atoms with Gasteiger partial charge in [-0.05, 0) is 68.3 Å². The summed E-state index contributed by atoms with van der Waals surface area (Å²) >= 11 is 0. The molecule has 1 saturated heterocycles. The van der Waals surface area contributed by atoms with Gasteiger partial charge in [-0.1, -0.05) is 35.9 Å². The van der Waals surface area contributed by atoms with Crippen LogP contribution < -0.4 is 14.9 Å². The largest absolute Gasteiger partial charge is 0.344 e. The molecule has 37 heavy (non-hydrogen) atoms. The number of hydrogen-bond acceptors (Lipinski definition) is 6. The van der Waals surface area contributed by atoms with Gasteiger partial charge in [-0.25, -0.2) is 26.4 Å². The van der Waals surface area contributed by atoms with Crippen LogP contribution in [0.15, 0.2) is 88.7 Å². The van der Waals surface area contributed by atoms with Crippen molar-refractivity contribution < 1.29 is 26.4 Å². The van der Waals surface area contributed by atoms with Crippen LogP contribution >= 0.6 is 0 Å². The molecule has 194 valence electrons. The molecular weight excluding hydrogens is 516 g/mol. The molecule has 0 radical (unpaired) electrons. The highest BCUT2D eigenvalue weighted by atomic mass is 32.2. The van der Waals surface area contributed by atoms with Gasteiger partial charge in [0, 0.05) is 18.8 Å². The van der Waals surface area contributed by atoms with Crippen LogP contribution in [0.1, 0.15) is 18.4 Å². The first kappa shape index (κ1) is 26.3. The van der Waals surface area contributed by atoms with Crippen LogP contribution in [-0.4, -0.2) is 46.3 Å². The minimum absolute atomic E-state index is 0.0521. The number of hydrogen-bond donors (Lipinski definition) is 2. The fourth-order valence-corrected chi connectivity index (χ4v) is 6.73. The molecule has 1 aliphatic heterocycles. The molecular formula is C25H26N4O6S2. The average Bonchev–Trinajstić information content (AvgIpc) is 3.42. The van der Waals surface area contributed by atoms with Crippen LogP contribution in [0.5, 0.6) is 0 Å². The Bertz CT molecular complexity index is 1480. The van der Waals surface area contributed by atoms with Crippen molar-refractivity contribution in [3.63, 3.8) is 0 Å². The molecule has 0 aliphatic carbocycles. The van der Waals surface area contributed by atoms with E-state index in [4.69, 9.17) is 0 Å². The van der Waals surface area contributed by atoms with Crippen LogP contribution in [0.4, 0.5) is 21.0 Å². The number of aryl methyl sites for hydroxylation is 1. The first-order chi connectivity index (χ1) is 17.6. The van der Waals surface area contributed by atoms with Crippen molar-refractivity contribution in [3.8, 4) is 0 Å². The van der Waals surface area contributed by atoms with Crippen LogP contribution in [0, 0.1) is 6.92 Å². The minimum atomic E-state index is -4.34. The van der Waals surface area contributed by atoms with E-state index in [1.807, 2.05) is 12.2 Å². The van der Waals surface area contributed by atoms with E-state index >= 15 is 0 Å². The molecule has 2 N–H and O–H groups in total. The molecule has 4 amide bonds. The third kappa shape index (κ3) is 5.82. The molecule has 12 heteroatoms. The number of rotatable bonds is 6. The highest BCUT2D eigenvalue weighted by Crippen LogP contribution is 2.25. The molecule has 0 spiro atoms. The molecule has 0 bridgehead atoms. The predicted octanol–water partition coefficient (Wildman–Crippen LogP) is 3.92. The number of nitrogens with zero attached hydrogens (tertiary/aromatic N) is 2. The van der Waals surface area contributed by atoms with Gasteiger partial charge in [-0.3, -0.25) is 5.32 Å². The number of carbonyl (C=O) groups excluding carboxylic acids is 2. The average molecular weight is 543 g/mol. The lowest BCUT2D eigenvalue weighted by molar-refractivity contribution is 0.238. The van der Waals surface area contributed by atoms with Gasteiger partial charge in [0.2, 0.25) is 10.0 Å². The SMILES string of the molecule is Cc1ccc(N(C(=O)NC(=O)Nc2ccc(S(=O)(=O)N3CCCC3)cc2)S(=O)(=O)c2ccccc2)cc1. The number of anilines is 2. The Labute approximate surface area is 216 Å². The Kier molecular flexibility index (Phi) is 7.62. The quantitative estimate of drug-likeness (QED) is 0.485. The van der Waals surface area contributed by atoms with Crippen LogP contribution in [0.25, 0.3) is 0 Å². The van der Waals surface area contributed by atoms with Crippen molar-refractivity contribution >= 4 is 43.5 Å². The van der Waals surface area contributed by atoms with E-state index in [-0.39, 0.29) is 21.2 Å². The van der Waals surface area contributed by atoms with Gasteiger partial charge in [-0.2, -0.15) is 8.61 Å². The molecule has 0 aromatic heterocycles. The maximum absolute atomic E-state index is 13.3. The van der Waals surface area contributed by atoms with E-state index in [0.29, 0.717) is 17.4 Å². The molecule has 10 nitrogen and oxygen atoms in total. The maximum Gasteiger partial charge on any atom is 0.344 e. The number of imide groups is 1. The van der Waals surface area contributed by atoms with E-state index in [9.17, 15) is 26.4 Å². The Morgan fingerprint density at radius 2 is 1.38 bits per heavy atom. The summed E-state index contributed by atoms with van der Waals surface area (Å²) in [6.07, 6.45) is 1.62. The number of urea groups is 2. The van der Waals surface area contributed by atoms with Gasteiger partial charge < -0.3 is 5.32 Å². The zero-order chi connectivity index (χ0) is 26.6. The topological polar surface area (TPSA) is 133 Å². The van der Waals surface area contributed by atoms with E-state index in [0.717, 1.165) is 18.4 Å². The molecule has 0 unspecified atom stereocenters. The molecule has 0 saturated carbocycles. The number of amides is 4. The second-order valence-electron chi connectivity index (χ2n) is 8.44. The number of carbonyl (C=O) groups is 2. The Hall–Kier alpha value is -3.74. The Morgan fingerprint density at radius 3 is 1.97 bits per heavy atom. The summed E-state index contributed by atoms with van der Waals surface area (Å²) in [4.78, 5) is 25.6. The summed E-state index contributed by atoms with van der Waals surface area (Å²) in [6.45, 7) is 2.75. The number of sulfonamides is 2. The van der Waals surface area contributed by atoms with E-state index in [2.05, 4.69) is 5.32 Å². The van der Waals surface area contributed by atoms with Crippen molar-refractivity contribution in [3.05, 3.63) is 84.4 Å². The Balaban J connectivity index is 1.51. The summed E-state index contributed by atoms with van der Waals surface area (Å²) in [5.74, 6) is 0. The number of benzene rings is 3. The minimum Gasteiger partial charge on any atom is -0.308 e. The van der Waals surface area contributed by atoms with Crippen LogP contribution in [0.2, 0.25) is 0 Å². The van der Waals surface area contributed by atoms with Gasteiger partial charge in [0.1, 0.15) is 0 Å². The second-order valence-corrected chi connectivity index (χ2v) is 12.2. The summed E-state index contributed by atoms with van der Waals surface area (Å²) in [5.41, 5.74) is 1.13. The van der Waals surface area contributed by atoms with Crippen molar-refractivity contribution in [1.82, 2.24) is 9.62 Å². The lowest BCUT2D eigenvalue weighted by Gasteiger charge is -2.23. The van der Waals surface area contributed by atoms with Crippen molar-refractivity contribution in [2.45, 2.75) is 29.6 Å². The summed E-state index contributed by atoms with van der Waals surface area (Å²) in [6, 6.07) is 17.0. The molecule has 3 aromatic rings. The smallest absolute Gasteiger partial charge is 0.308 e. The zero-order valence-corrected chi connectivity index (χ0v) is 21.6. The van der Waals surface area contributed by atoms with E-state index in [1.165, 1.54) is 65.0 Å². The summed E-state index contributed by atoms with van der Waals surface area (Å²) < 4.78 is 53.9. The Morgan fingerprint density at radius 1 is 0.784 bits per heavy atom. The zero-order valence-electron chi connectivity index (χ0n) is 20.0. The monoisotopic (exact) mass is 542 g/mol. The van der Waals surface area contributed by atoms with Crippen LogP contribution in [0.3, 0.4) is 0 Å². The normalized spacial score (nSPS) is 14.2. The second kappa shape index (κ2) is 10.7. The molecule has 4 rings (SSSR count). The molecule has 1 fully saturated rings. The third-order valence-corrected chi connectivity index (χ3v) is 9.41. The first-order valence-electron chi connectivity index (χ1n) is 11.5. The van der Waals surface area contributed by atoms with Gasteiger partial charge in [-0.15, -0.1) is 0 Å². The van der Waals surface area contributed by atoms with Gasteiger partial charge in [0.05, 0.1) is 15.5 Å². The van der Waals surface area contributed by atoms with E-state index < -0.39 is 32.1 Å². The number of nitrogens with one attached hydrogen (secondary N) is 2. The van der Waals surface area contributed by atoms with Gasteiger partial charge in [0.25, 0.3) is 10.0 Å². The fraction of sp³-hybridized carbons (Fsp3) is 0.200. The molecule has 1 heterocycles. The lowest BCUT2D eigenvalue weighted by Crippen LogP contribution is -2.47. The highest BCUT2D eigenvalue weighted by molar-refractivity contribution is 7.93. The summed E-state index contributed by atoms with van der Waals surface area (Å²) in [7, 11) is -7.96. The van der Waals surface area contributed by atoms with Crippen molar-refractivity contribution in [2.75, 3.05) is 22.7 Å². The molecule has 0 atom stereocenters. The first-order valence-corrected chi connectivity index (χ1v) is 14.4. The maximum atomic E-state index is 13.3. The highest BCUT2D eigenvalue weighted by Gasteiger charge is 2.32. The van der Waals surface area contributed by atoms with Crippen molar-refractivity contribution in [2.24, 2.45) is 0 Å². The summed E-state index contributed by atoms with van der Waals surface area (Å²) in [5, 5.41) is 4.47. The standard InChI is InChI=1S/C25H26N4O6S2/c1-19-9-13-21(14-10-19)29(37(34,35)22-7-3-2-4-8-22)25(31)27-24(30)26-20-11-15-23(16-12-20)36(32,33)28-17-5-6-18-28/h2-4,7-16H,5-6,17-18H2,1H3,(H2,26,27,30,31).